The fourth-order valence-corrected chi connectivity index (χ4v) is 3.61. The molecule has 1 heterocycles. The standard InChI is InChI=1S/C21H23ClN2O3/c1-15(2)14-21(16-7-4-3-5-8-16)19(25)24(20(26)23-21)11-12-27-18-10-6-9-17(22)13-18/h3-10,13,15H,11-12,14H2,1-2H3,(H,23,26). The SMILES string of the molecule is CC(C)CC1(c2ccccc2)NC(=O)N(CCOc2cccc(Cl)c2)C1=O. The summed E-state index contributed by atoms with van der Waals surface area (Å²) in [6, 6.07) is 16.0. The molecule has 0 saturated carbocycles. The van der Waals surface area contributed by atoms with Crippen LogP contribution in [-0.2, 0) is 10.3 Å². The third-order valence-corrected chi connectivity index (χ3v) is 4.77. The van der Waals surface area contributed by atoms with E-state index in [1.807, 2.05) is 44.2 Å². The zero-order chi connectivity index (χ0) is 19.4. The van der Waals surface area contributed by atoms with E-state index in [-0.39, 0.29) is 31.0 Å². The maximum absolute atomic E-state index is 13.2. The number of hydrogen-bond acceptors (Lipinski definition) is 3. The van der Waals surface area contributed by atoms with Gasteiger partial charge in [0.25, 0.3) is 5.91 Å². The molecule has 2 aromatic carbocycles. The minimum atomic E-state index is -1.03. The lowest BCUT2D eigenvalue weighted by Crippen LogP contribution is -2.45. The Morgan fingerprint density at radius 2 is 1.85 bits per heavy atom. The van der Waals surface area contributed by atoms with Crippen molar-refractivity contribution in [3.63, 3.8) is 0 Å². The lowest BCUT2D eigenvalue weighted by atomic mass is 9.82. The van der Waals surface area contributed by atoms with E-state index in [1.165, 1.54) is 4.90 Å². The highest BCUT2D eigenvalue weighted by Crippen LogP contribution is 2.35. The van der Waals surface area contributed by atoms with Gasteiger partial charge in [0.2, 0.25) is 0 Å². The number of halogens is 1. The number of urea groups is 1. The van der Waals surface area contributed by atoms with E-state index < -0.39 is 5.54 Å². The number of benzene rings is 2. The lowest BCUT2D eigenvalue weighted by molar-refractivity contribution is -0.132. The highest BCUT2D eigenvalue weighted by molar-refractivity contribution is 6.30. The van der Waals surface area contributed by atoms with Gasteiger partial charge in [-0.1, -0.05) is 61.8 Å². The van der Waals surface area contributed by atoms with Crippen LogP contribution < -0.4 is 10.1 Å². The van der Waals surface area contributed by atoms with Crippen LogP contribution in [0.5, 0.6) is 5.75 Å². The monoisotopic (exact) mass is 386 g/mol. The van der Waals surface area contributed by atoms with Gasteiger partial charge in [0.15, 0.2) is 0 Å². The highest BCUT2D eigenvalue weighted by Gasteiger charge is 2.52. The van der Waals surface area contributed by atoms with Gasteiger partial charge in [0, 0.05) is 5.02 Å². The number of nitrogens with zero attached hydrogens (tertiary/aromatic N) is 1. The average molecular weight is 387 g/mol. The number of carbonyl (C=O) groups is 2. The number of imide groups is 1. The van der Waals surface area contributed by atoms with Crippen LogP contribution >= 0.6 is 11.6 Å². The Kier molecular flexibility index (Phi) is 5.71. The van der Waals surface area contributed by atoms with Crippen molar-refractivity contribution in [2.24, 2.45) is 5.92 Å². The van der Waals surface area contributed by atoms with Crippen LogP contribution in [-0.4, -0.2) is 30.0 Å². The molecular weight excluding hydrogens is 364 g/mol. The Labute approximate surface area is 164 Å². The molecule has 1 fully saturated rings. The molecule has 1 saturated heterocycles. The Hall–Kier alpha value is -2.53. The molecule has 5 nitrogen and oxygen atoms in total. The predicted octanol–water partition coefficient (Wildman–Crippen LogP) is 4.21. The predicted molar refractivity (Wildman–Crippen MR) is 105 cm³/mol. The first-order valence-corrected chi connectivity index (χ1v) is 9.38. The highest BCUT2D eigenvalue weighted by atomic mass is 35.5. The number of rotatable bonds is 7. The summed E-state index contributed by atoms with van der Waals surface area (Å²) >= 11 is 5.94. The fourth-order valence-electron chi connectivity index (χ4n) is 3.43. The van der Waals surface area contributed by atoms with Crippen LogP contribution in [0.4, 0.5) is 4.79 Å². The van der Waals surface area contributed by atoms with Crippen molar-refractivity contribution in [1.82, 2.24) is 10.2 Å². The molecule has 1 unspecified atom stereocenters. The zero-order valence-electron chi connectivity index (χ0n) is 15.4. The first kappa shape index (κ1) is 19.2. The summed E-state index contributed by atoms with van der Waals surface area (Å²) in [5, 5.41) is 3.51. The lowest BCUT2D eigenvalue weighted by Gasteiger charge is -2.29. The number of ether oxygens (including phenoxy) is 1. The Balaban J connectivity index is 1.76. The third-order valence-electron chi connectivity index (χ3n) is 4.54. The second-order valence-corrected chi connectivity index (χ2v) is 7.50. The van der Waals surface area contributed by atoms with E-state index in [9.17, 15) is 9.59 Å². The van der Waals surface area contributed by atoms with Gasteiger partial charge in [-0.05, 0) is 36.1 Å². The minimum Gasteiger partial charge on any atom is -0.492 e. The molecule has 0 spiro atoms. The first-order chi connectivity index (χ1) is 12.9. The van der Waals surface area contributed by atoms with Crippen molar-refractivity contribution in [2.75, 3.05) is 13.2 Å². The normalized spacial score (nSPS) is 19.5. The van der Waals surface area contributed by atoms with Gasteiger partial charge in [0.05, 0.1) is 6.54 Å². The van der Waals surface area contributed by atoms with E-state index in [4.69, 9.17) is 16.3 Å². The average Bonchev–Trinajstić information content (AvgIpc) is 2.87. The quantitative estimate of drug-likeness (QED) is 0.725. The van der Waals surface area contributed by atoms with Gasteiger partial charge in [-0.15, -0.1) is 0 Å². The molecule has 3 rings (SSSR count). The molecule has 1 N–H and O–H groups in total. The zero-order valence-corrected chi connectivity index (χ0v) is 16.2. The molecule has 0 aliphatic carbocycles. The molecule has 0 radical (unpaired) electrons. The molecule has 0 aromatic heterocycles. The van der Waals surface area contributed by atoms with Crippen LogP contribution in [0, 0.1) is 5.92 Å². The Morgan fingerprint density at radius 1 is 1.11 bits per heavy atom. The summed E-state index contributed by atoms with van der Waals surface area (Å²) < 4.78 is 5.64. The number of nitrogens with one attached hydrogen (secondary N) is 1. The number of carbonyl (C=O) groups excluding carboxylic acids is 2. The van der Waals surface area contributed by atoms with Gasteiger partial charge in [-0.2, -0.15) is 0 Å². The molecule has 2 aromatic rings. The number of hydrogen-bond donors (Lipinski definition) is 1. The van der Waals surface area contributed by atoms with Gasteiger partial charge in [-0.25, -0.2) is 4.79 Å². The smallest absolute Gasteiger partial charge is 0.325 e. The third kappa shape index (κ3) is 4.08. The fraction of sp³-hybridized carbons (Fsp3) is 0.333. The van der Waals surface area contributed by atoms with Crippen molar-refractivity contribution >= 4 is 23.5 Å². The van der Waals surface area contributed by atoms with E-state index in [0.717, 1.165) is 5.56 Å². The molecule has 3 amide bonds. The second-order valence-electron chi connectivity index (χ2n) is 7.06. The van der Waals surface area contributed by atoms with E-state index in [2.05, 4.69) is 5.32 Å². The summed E-state index contributed by atoms with van der Waals surface area (Å²) in [4.78, 5) is 27.0. The van der Waals surface area contributed by atoms with Gasteiger partial charge in [0.1, 0.15) is 17.9 Å². The van der Waals surface area contributed by atoms with Crippen LogP contribution in [0.2, 0.25) is 5.02 Å². The van der Waals surface area contributed by atoms with E-state index in [1.54, 1.807) is 24.3 Å². The second kappa shape index (κ2) is 8.01. The molecule has 6 heteroatoms. The Morgan fingerprint density at radius 3 is 2.52 bits per heavy atom. The summed E-state index contributed by atoms with van der Waals surface area (Å²) in [5.41, 5.74) is -0.224. The Bertz CT molecular complexity index is 825. The summed E-state index contributed by atoms with van der Waals surface area (Å²) in [6.07, 6.45) is 0.535. The van der Waals surface area contributed by atoms with Crippen molar-refractivity contribution in [3.8, 4) is 5.75 Å². The van der Waals surface area contributed by atoms with Crippen molar-refractivity contribution in [3.05, 3.63) is 65.2 Å². The minimum absolute atomic E-state index is 0.170. The first-order valence-electron chi connectivity index (χ1n) is 9.00. The van der Waals surface area contributed by atoms with Crippen LogP contribution in [0.3, 0.4) is 0 Å². The van der Waals surface area contributed by atoms with Gasteiger partial charge < -0.3 is 10.1 Å². The largest absolute Gasteiger partial charge is 0.492 e. The van der Waals surface area contributed by atoms with Crippen LogP contribution in [0.15, 0.2) is 54.6 Å². The topological polar surface area (TPSA) is 58.6 Å². The van der Waals surface area contributed by atoms with Gasteiger partial charge >= 0.3 is 6.03 Å². The van der Waals surface area contributed by atoms with Crippen LogP contribution in [0.25, 0.3) is 0 Å². The summed E-state index contributed by atoms with van der Waals surface area (Å²) in [5.74, 6) is 0.602. The number of amides is 3. The molecule has 1 aliphatic heterocycles. The van der Waals surface area contributed by atoms with Gasteiger partial charge in [-0.3, -0.25) is 9.69 Å². The molecular formula is C21H23ClN2O3. The van der Waals surface area contributed by atoms with Crippen molar-refractivity contribution in [2.45, 2.75) is 25.8 Å². The maximum Gasteiger partial charge on any atom is 0.325 e. The molecule has 27 heavy (non-hydrogen) atoms. The molecule has 1 aliphatic rings. The van der Waals surface area contributed by atoms with Crippen molar-refractivity contribution < 1.29 is 14.3 Å². The van der Waals surface area contributed by atoms with Crippen LogP contribution in [0.1, 0.15) is 25.8 Å². The maximum atomic E-state index is 13.2. The summed E-state index contributed by atoms with van der Waals surface area (Å²) in [7, 11) is 0. The molecule has 1 atom stereocenters. The molecule has 142 valence electrons. The van der Waals surface area contributed by atoms with E-state index in [0.29, 0.717) is 17.2 Å². The molecule has 0 bridgehead atoms. The summed E-state index contributed by atoms with van der Waals surface area (Å²) in [6.45, 7) is 4.44. The van der Waals surface area contributed by atoms with E-state index >= 15 is 0 Å². The van der Waals surface area contributed by atoms with Crippen molar-refractivity contribution in [1.29, 1.82) is 0 Å².